The first-order valence-electron chi connectivity index (χ1n) is 8.39. The van der Waals surface area contributed by atoms with Gasteiger partial charge < -0.3 is 10.2 Å². The average molecular weight is 286 g/mol. The van der Waals surface area contributed by atoms with Gasteiger partial charge in [-0.25, -0.2) is 0 Å². The number of piperidine rings is 1. The van der Waals surface area contributed by atoms with Crippen LogP contribution in [0.5, 0.6) is 0 Å². The number of carbonyl (C=O) groups excluding carboxylic acids is 1. The lowest BCUT2D eigenvalue weighted by atomic mass is 9.88. The van der Waals surface area contributed by atoms with Gasteiger partial charge in [0.15, 0.2) is 0 Å². The molecule has 1 atom stereocenters. The zero-order valence-corrected chi connectivity index (χ0v) is 12.8. The Balaban J connectivity index is 1.55. The molecule has 2 fully saturated rings. The second-order valence-electron chi connectivity index (χ2n) is 6.37. The van der Waals surface area contributed by atoms with Gasteiger partial charge in [-0.15, -0.1) is 0 Å². The summed E-state index contributed by atoms with van der Waals surface area (Å²) in [5.74, 6) is 1.08. The van der Waals surface area contributed by atoms with Crippen LogP contribution in [0.1, 0.15) is 37.7 Å². The summed E-state index contributed by atoms with van der Waals surface area (Å²) in [7, 11) is 0. The Morgan fingerprint density at radius 1 is 1.14 bits per heavy atom. The van der Waals surface area contributed by atoms with E-state index in [1.165, 1.54) is 31.2 Å². The number of aryl methyl sites for hydroxylation is 1. The van der Waals surface area contributed by atoms with E-state index in [9.17, 15) is 4.79 Å². The molecule has 0 unspecified atom stereocenters. The normalized spacial score (nSPS) is 23.4. The maximum absolute atomic E-state index is 12.6. The molecule has 1 aromatic carbocycles. The minimum atomic E-state index is 0.361. The fourth-order valence-electron chi connectivity index (χ4n) is 3.86. The Labute approximate surface area is 127 Å². The fraction of sp³-hybridized carbons (Fsp3) is 0.611. The van der Waals surface area contributed by atoms with Crippen molar-refractivity contribution in [3.8, 4) is 0 Å². The van der Waals surface area contributed by atoms with E-state index >= 15 is 0 Å². The molecule has 3 heteroatoms. The van der Waals surface area contributed by atoms with E-state index in [1.54, 1.807) is 0 Å². The van der Waals surface area contributed by atoms with Gasteiger partial charge in [-0.2, -0.15) is 0 Å². The van der Waals surface area contributed by atoms with Gasteiger partial charge >= 0.3 is 0 Å². The van der Waals surface area contributed by atoms with Crippen molar-refractivity contribution in [2.24, 2.45) is 5.92 Å². The summed E-state index contributed by atoms with van der Waals surface area (Å²) < 4.78 is 0. The number of nitrogens with one attached hydrogen (secondary N) is 1. The third-order valence-corrected chi connectivity index (χ3v) is 5.02. The molecule has 21 heavy (non-hydrogen) atoms. The van der Waals surface area contributed by atoms with Crippen molar-refractivity contribution in [2.75, 3.05) is 19.6 Å². The van der Waals surface area contributed by atoms with Crippen LogP contribution in [0.3, 0.4) is 0 Å². The van der Waals surface area contributed by atoms with Gasteiger partial charge in [-0.3, -0.25) is 4.79 Å². The second-order valence-corrected chi connectivity index (χ2v) is 6.37. The average Bonchev–Trinajstić information content (AvgIpc) is 3.04. The van der Waals surface area contributed by atoms with Crippen molar-refractivity contribution >= 4 is 5.91 Å². The molecule has 0 radical (unpaired) electrons. The number of likely N-dealkylation sites (tertiary alicyclic amines) is 1. The highest BCUT2D eigenvalue weighted by molar-refractivity contribution is 5.77. The Kier molecular flexibility index (Phi) is 4.91. The smallest absolute Gasteiger partial charge is 0.223 e. The number of hydrogen-bond acceptors (Lipinski definition) is 2. The van der Waals surface area contributed by atoms with Gasteiger partial charge in [-0.1, -0.05) is 30.3 Å². The van der Waals surface area contributed by atoms with Gasteiger partial charge in [0, 0.05) is 19.0 Å². The number of rotatable bonds is 4. The molecule has 0 aliphatic carbocycles. The molecule has 0 saturated carbocycles. The van der Waals surface area contributed by atoms with Gasteiger partial charge in [0.25, 0.3) is 0 Å². The van der Waals surface area contributed by atoms with Crippen molar-refractivity contribution in [1.82, 2.24) is 10.2 Å². The molecule has 0 bridgehead atoms. The molecule has 3 rings (SSSR count). The number of amides is 1. The van der Waals surface area contributed by atoms with Crippen molar-refractivity contribution in [3.05, 3.63) is 35.9 Å². The molecule has 2 aliphatic heterocycles. The van der Waals surface area contributed by atoms with E-state index in [0.29, 0.717) is 18.4 Å². The van der Waals surface area contributed by atoms with Crippen LogP contribution in [0, 0.1) is 5.92 Å². The summed E-state index contributed by atoms with van der Waals surface area (Å²) in [6.07, 6.45) is 6.38. The quantitative estimate of drug-likeness (QED) is 0.923. The standard InChI is InChI=1S/C18H26N2O/c21-18(9-8-15-5-2-1-3-6-15)20-14-4-7-17(20)16-10-12-19-13-11-16/h1-3,5-6,16-17,19H,4,7-14H2/t17-/m0/s1. The predicted octanol–water partition coefficient (Wildman–Crippen LogP) is 2.61. The molecular weight excluding hydrogens is 260 g/mol. The zero-order chi connectivity index (χ0) is 14.5. The Morgan fingerprint density at radius 3 is 2.67 bits per heavy atom. The van der Waals surface area contributed by atoms with Crippen molar-refractivity contribution < 1.29 is 4.79 Å². The maximum Gasteiger partial charge on any atom is 0.223 e. The second kappa shape index (κ2) is 7.08. The Morgan fingerprint density at radius 2 is 1.90 bits per heavy atom. The van der Waals surface area contributed by atoms with Crippen LogP contribution >= 0.6 is 0 Å². The third-order valence-electron chi connectivity index (χ3n) is 5.02. The van der Waals surface area contributed by atoms with Crippen LogP contribution in [0.4, 0.5) is 0 Å². The molecule has 3 nitrogen and oxygen atoms in total. The summed E-state index contributed by atoms with van der Waals surface area (Å²) in [5, 5.41) is 3.43. The zero-order valence-electron chi connectivity index (χ0n) is 12.8. The summed E-state index contributed by atoms with van der Waals surface area (Å²) >= 11 is 0. The summed E-state index contributed by atoms with van der Waals surface area (Å²) in [6, 6.07) is 10.9. The van der Waals surface area contributed by atoms with E-state index in [0.717, 1.165) is 32.0 Å². The van der Waals surface area contributed by atoms with Crippen molar-refractivity contribution in [3.63, 3.8) is 0 Å². The van der Waals surface area contributed by atoms with E-state index in [-0.39, 0.29) is 0 Å². The van der Waals surface area contributed by atoms with E-state index < -0.39 is 0 Å². The van der Waals surface area contributed by atoms with Crippen LogP contribution in [0.15, 0.2) is 30.3 Å². The highest BCUT2D eigenvalue weighted by Gasteiger charge is 2.34. The molecule has 2 saturated heterocycles. The number of hydrogen-bond donors (Lipinski definition) is 1. The van der Waals surface area contributed by atoms with Crippen LogP contribution < -0.4 is 5.32 Å². The molecule has 114 valence electrons. The highest BCUT2D eigenvalue weighted by atomic mass is 16.2. The van der Waals surface area contributed by atoms with Crippen LogP contribution in [0.2, 0.25) is 0 Å². The molecule has 0 spiro atoms. The van der Waals surface area contributed by atoms with Gasteiger partial charge in [0.1, 0.15) is 0 Å². The van der Waals surface area contributed by atoms with Crippen LogP contribution in [-0.4, -0.2) is 36.5 Å². The predicted molar refractivity (Wildman–Crippen MR) is 85.1 cm³/mol. The summed E-state index contributed by atoms with van der Waals surface area (Å²) in [4.78, 5) is 14.8. The first kappa shape index (κ1) is 14.6. The molecule has 2 heterocycles. The third kappa shape index (κ3) is 3.65. The lowest BCUT2D eigenvalue weighted by molar-refractivity contribution is -0.133. The first-order chi connectivity index (χ1) is 10.3. The van der Waals surface area contributed by atoms with Gasteiger partial charge in [0.2, 0.25) is 5.91 Å². The fourth-order valence-corrected chi connectivity index (χ4v) is 3.86. The molecule has 1 N–H and O–H groups in total. The minimum absolute atomic E-state index is 0.361. The number of carbonyl (C=O) groups is 1. The summed E-state index contributed by atoms with van der Waals surface area (Å²) in [5.41, 5.74) is 1.27. The molecular formula is C18H26N2O. The first-order valence-corrected chi connectivity index (χ1v) is 8.39. The van der Waals surface area contributed by atoms with Crippen LogP contribution in [-0.2, 0) is 11.2 Å². The lowest BCUT2D eigenvalue weighted by Crippen LogP contribution is -2.43. The SMILES string of the molecule is O=C(CCc1ccccc1)N1CCC[C@H]1C1CCNCC1. The monoisotopic (exact) mass is 286 g/mol. The number of nitrogens with zero attached hydrogens (tertiary/aromatic N) is 1. The molecule has 0 aromatic heterocycles. The number of benzene rings is 1. The van der Waals surface area contributed by atoms with E-state index in [1.807, 2.05) is 18.2 Å². The highest BCUT2D eigenvalue weighted by Crippen LogP contribution is 2.30. The molecule has 1 amide bonds. The Bertz CT molecular complexity index is 454. The van der Waals surface area contributed by atoms with Gasteiger partial charge in [0.05, 0.1) is 0 Å². The largest absolute Gasteiger partial charge is 0.339 e. The van der Waals surface area contributed by atoms with E-state index in [4.69, 9.17) is 0 Å². The topological polar surface area (TPSA) is 32.3 Å². The van der Waals surface area contributed by atoms with Gasteiger partial charge in [-0.05, 0) is 56.7 Å². The molecule has 1 aromatic rings. The Hall–Kier alpha value is -1.35. The molecule has 2 aliphatic rings. The van der Waals surface area contributed by atoms with Crippen molar-refractivity contribution in [1.29, 1.82) is 0 Å². The lowest BCUT2D eigenvalue weighted by Gasteiger charge is -2.34. The minimum Gasteiger partial charge on any atom is -0.339 e. The maximum atomic E-state index is 12.6. The van der Waals surface area contributed by atoms with E-state index in [2.05, 4.69) is 22.3 Å². The summed E-state index contributed by atoms with van der Waals surface area (Å²) in [6.45, 7) is 3.21. The van der Waals surface area contributed by atoms with Crippen molar-refractivity contribution in [2.45, 2.75) is 44.6 Å². The van der Waals surface area contributed by atoms with Crippen LogP contribution in [0.25, 0.3) is 0 Å².